The molecule has 34 heavy (non-hydrogen) atoms. The van der Waals surface area contributed by atoms with E-state index in [0.717, 1.165) is 17.1 Å². The van der Waals surface area contributed by atoms with E-state index in [2.05, 4.69) is 27.5 Å². The molecule has 8 heteroatoms. The molecule has 0 radical (unpaired) electrons. The summed E-state index contributed by atoms with van der Waals surface area (Å²) < 4.78 is 1.57. The fraction of sp³-hybridized carbons (Fsp3) is 0.115. The summed E-state index contributed by atoms with van der Waals surface area (Å²) in [5, 5.41) is 28.3. The van der Waals surface area contributed by atoms with Gasteiger partial charge in [0.1, 0.15) is 29.0 Å². The predicted molar refractivity (Wildman–Crippen MR) is 133 cm³/mol. The molecular weight excluding hydrogens is 444 g/mol. The molecule has 7 nitrogen and oxygen atoms in total. The van der Waals surface area contributed by atoms with Crippen LogP contribution >= 0.6 is 11.8 Å². The highest BCUT2D eigenvalue weighted by Crippen LogP contribution is 2.31. The number of nitriles is 2. The number of hydrogen-bond acceptors (Lipinski definition) is 7. The topological polar surface area (TPSA) is 107 Å². The van der Waals surface area contributed by atoms with E-state index in [1.807, 2.05) is 68.4 Å². The summed E-state index contributed by atoms with van der Waals surface area (Å²) in [6, 6.07) is 24.6. The van der Waals surface area contributed by atoms with E-state index in [-0.39, 0.29) is 28.4 Å². The zero-order valence-electron chi connectivity index (χ0n) is 18.6. The molecule has 0 aliphatic carbocycles. The highest BCUT2D eigenvalue weighted by atomic mass is 32.2. The number of nitrogens with zero attached hydrogens (tertiary/aromatic N) is 5. The maximum absolute atomic E-state index is 12.8. The van der Waals surface area contributed by atoms with E-state index >= 15 is 0 Å². The maximum Gasteiger partial charge on any atom is 0.174 e. The second-order valence-electron chi connectivity index (χ2n) is 7.49. The second kappa shape index (κ2) is 10.0. The molecule has 0 amide bonds. The highest BCUT2D eigenvalue weighted by Gasteiger charge is 2.23. The monoisotopic (exact) mass is 464 g/mol. The SMILES string of the molecule is Cc1cc(C)n2nc(/C(C#N)=C(\Nc3ccccc3)SCC(=O)c3ccccc3)c(C#N)c2n1. The van der Waals surface area contributed by atoms with Crippen molar-refractivity contribution in [1.82, 2.24) is 14.6 Å². The Labute approximate surface area is 201 Å². The van der Waals surface area contributed by atoms with Crippen molar-refractivity contribution in [3.05, 3.63) is 100.0 Å². The first-order chi connectivity index (χ1) is 16.5. The number of hydrogen-bond donors (Lipinski definition) is 1. The normalized spacial score (nSPS) is 11.4. The number of aryl methyl sites for hydroxylation is 2. The fourth-order valence-corrected chi connectivity index (χ4v) is 4.40. The van der Waals surface area contributed by atoms with Crippen LogP contribution in [0.25, 0.3) is 11.2 Å². The summed E-state index contributed by atoms with van der Waals surface area (Å²) in [5.41, 5.74) is 3.90. The van der Waals surface area contributed by atoms with Crippen molar-refractivity contribution < 1.29 is 4.79 Å². The largest absolute Gasteiger partial charge is 0.349 e. The van der Waals surface area contributed by atoms with Gasteiger partial charge in [-0.2, -0.15) is 15.6 Å². The van der Waals surface area contributed by atoms with Crippen molar-refractivity contribution in [2.24, 2.45) is 0 Å². The molecule has 2 aromatic heterocycles. The lowest BCUT2D eigenvalue weighted by molar-refractivity contribution is 0.102. The molecule has 4 rings (SSSR count). The highest BCUT2D eigenvalue weighted by molar-refractivity contribution is 8.04. The Kier molecular flexibility index (Phi) is 6.72. The second-order valence-corrected chi connectivity index (χ2v) is 8.48. The number of Topliss-reactive ketones (excluding diaryl/α,β-unsaturated/α-hetero) is 1. The van der Waals surface area contributed by atoms with Crippen LogP contribution in [0.5, 0.6) is 0 Å². The Morgan fingerprint density at radius 1 is 1.06 bits per heavy atom. The van der Waals surface area contributed by atoms with Gasteiger partial charge in [0.15, 0.2) is 11.4 Å². The number of fused-ring (bicyclic) bond motifs is 1. The van der Waals surface area contributed by atoms with Gasteiger partial charge in [-0.15, -0.1) is 0 Å². The van der Waals surface area contributed by atoms with E-state index in [1.54, 1.807) is 16.6 Å². The first kappa shape index (κ1) is 22.8. The number of allylic oxidation sites excluding steroid dienone is 1. The van der Waals surface area contributed by atoms with Gasteiger partial charge in [-0.05, 0) is 32.0 Å². The minimum atomic E-state index is -0.0705. The number of carbonyl (C=O) groups is 1. The van der Waals surface area contributed by atoms with Crippen LogP contribution in [0.1, 0.15) is 33.0 Å². The average Bonchev–Trinajstić information content (AvgIpc) is 3.22. The molecule has 0 spiro atoms. The number of anilines is 1. The Balaban J connectivity index is 1.82. The molecule has 0 fully saturated rings. The average molecular weight is 465 g/mol. The van der Waals surface area contributed by atoms with Gasteiger partial charge in [-0.3, -0.25) is 4.79 Å². The van der Waals surface area contributed by atoms with Crippen LogP contribution in [0.2, 0.25) is 0 Å². The molecule has 0 unspecified atom stereocenters. The lowest BCUT2D eigenvalue weighted by Gasteiger charge is -2.12. The summed E-state index contributed by atoms with van der Waals surface area (Å²) >= 11 is 1.20. The van der Waals surface area contributed by atoms with Crippen molar-refractivity contribution in [2.45, 2.75) is 13.8 Å². The number of para-hydroxylation sites is 1. The van der Waals surface area contributed by atoms with E-state index in [9.17, 15) is 15.3 Å². The minimum absolute atomic E-state index is 0.0705. The van der Waals surface area contributed by atoms with Crippen molar-refractivity contribution in [3.8, 4) is 12.1 Å². The lowest BCUT2D eigenvalue weighted by atomic mass is 10.1. The van der Waals surface area contributed by atoms with Crippen LogP contribution in [0.3, 0.4) is 0 Å². The number of thioether (sulfide) groups is 1. The first-order valence-corrected chi connectivity index (χ1v) is 11.5. The van der Waals surface area contributed by atoms with E-state index < -0.39 is 0 Å². The van der Waals surface area contributed by atoms with Crippen molar-refractivity contribution in [2.75, 3.05) is 11.1 Å². The lowest BCUT2D eigenvalue weighted by Crippen LogP contribution is -2.07. The fourth-order valence-electron chi connectivity index (χ4n) is 3.48. The molecule has 0 bridgehead atoms. The molecule has 1 N–H and O–H groups in total. The number of rotatable bonds is 7. The molecule has 166 valence electrons. The molecular formula is C26H20N6OS. The standard InChI is InChI=1S/C26H20N6OS/c1-17-13-18(2)32-25(29-17)21(14-27)24(31-32)22(15-28)26(30-20-11-7-4-8-12-20)34-16-23(33)19-9-5-3-6-10-19/h3-13,30H,16H2,1-2H3/b26-22+. The number of ketones is 1. The van der Waals surface area contributed by atoms with Gasteiger partial charge >= 0.3 is 0 Å². The smallest absolute Gasteiger partial charge is 0.174 e. The van der Waals surface area contributed by atoms with Gasteiger partial charge < -0.3 is 5.32 Å². The summed E-state index contributed by atoms with van der Waals surface area (Å²) in [7, 11) is 0. The zero-order valence-corrected chi connectivity index (χ0v) is 19.4. The molecule has 0 aliphatic heterocycles. The van der Waals surface area contributed by atoms with Crippen molar-refractivity contribution in [1.29, 1.82) is 10.5 Å². The Morgan fingerprint density at radius 2 is 1.74 bits per heavy atom. The number of carbonyl (C=O) groups excluding carboxylic acids is 1. The summed E-state index contributed by atoms with van der Waals surface area (Å²) in [6.45, 7) is 3.71. The quantitative estimate of drug-likeness (QED) is 0.298. The molecule has 0 atom stereocenters. The van der Waals surface area contributed by atoms with Gasteiger partial charge in [0.2, 0.25) is 0 Å². The minimum Gasteiger partial charge on any atom is -0.349 e. The molecule has 2 heterocycles. The van der Waals surface area contributed by atoms with Crippen molar-refractivity contribution >= 4 is 34.5 Å². The van der Waals surface area contributed by atoms with Crippen LogP contribution in [-0.2, 0) is 0 Å². The Morgan fingerprint density at radius 3 is 2.38 bits per heavy atom. The third kappa shape index (κ3) is 4.68. The zero-order chi connectivity index (χ0) is 24.1. The van der Waals surface area contributed by atoms with Gasteiger partial charge in [-0.25, -0.2) is 9.50 Å². The van der Waals surface area contributed by atoms with Crippen LogP contribution < -0.4 is 5.32 Å². The van der Waals surface area contributed by atoms with Crippen LogP contribution in [0, 0.1) is 36.5 Å². The van der Waals surface area contributed by atoms with Crippen LogP contribution in [-0.4, -0.2) is 26.1 Å². The first-order valence-electron chi connectivity index (χ1n) is 10.5. The summed E-state index contributed by atoms with van der Waals surface area (Å²) in [5.74, 6) is 0.0367. The van der Waals surface area contributed by atoms with Crippen molar-refractivity contribution in [3.63, 3.8) is 0 Å². The van der Waals surface area contributed by atoms with E-state index in [4.69, 9.17) is 0 Å². The van der Waals surface area contributed by atoms with E-state index in [0.29, 0.717) is 16.2 Å². The van der Waals surface area contributed by atoms with E-state index in [1.165, 1.54) is 11.8 Å². The Hall–Kier alpha value is -4.40. The van der Waals surface area contributed by atoms with Gasteiger partial charge in [0.25, 0.3) is 0 Å². The van der Waals surface area contributed by atoms with Crippen LogP contribution in [0.4, 0.5) is 5.69 Å². The van der Waals surface area contributed by atoms with Gasteiger partial charge in [-0.1, -0.05) is 60.3 Å². The summed E-state index contributed by atoms with van der Waals surface area (Å²) in [6.07, 6.45) is 0. The Bertz CT molecular complexity index is 1480. The molecule has 0 aliphatic rings. The molecule has 0 saturated carbocycles. The molecule has 2 aromatic carbocycles. The van der Waals surface area contributed by atoms with Gasteiger partial charge in [0.05, 0.1) is 10.8 Å². The third-order valence-electron chi connectivity index (χ3n) is 5.06. The number of benzene rings is 2. The van der Waals surface area contributed by atoms with Gasteiger partial charge in [0, 0.05) is 22.6 Å². The maximum atomic E-state index is 12.8. The summed E-state index contributed by atoms with van der Waals surface area (Å²) in [4.78, 5) is 17.2. The molecule has 4 aromatic rings. The molecule has 0 saturated heterocycles. The third-order valence-corrected chi connectivity index (χ3v) is 6.06. The number of aromatic nitrogens is 3. The predicted octanol–water partition coefficient (Wildman–Crippen LogP) is 5.14. The number of nitrogens with one attached hydrogen (secondary N) is 1. The van der Waals surface area contributed by atoms with Crippen LogP contribution in [0.15, 0.2) is 71.8 Å².